The minimum atomic E-state index is -0.0959. The zero-order valence-electron chi connectivity index (χ0n) is 11.7. The highest BCUT2D eigenvalue weighted by atomic mass is 79.9. The third kappa shape index (κ3) is 3.43. The van der Waals surface area contributed by atoms with Crippen LogP contribution >= 0.6 is 27.5 Å². The Morgan fingerprint density at radius 2 is 2.10 bits per heavy atom. The molecule has 0 fully saturated rings. The van der Waals surface area contributed by atoms with Crippen LogP contribution in [0.1, 0.15) is 36.8 Å². The van der Waals surface area contributed by atoms with Crippen molar-refractivity contribution in [1.29, 1.82) is 0 Å². The molecular weight excluding hydrogens is 338 g/mol. The Kier molecular flexibility index (Phi) is 5.24. The van der Waals surface area contributed by atoms with Gasteiger partial charge in [-0.1, -0.05) is 40.5 Å². The van der Waals surface area contributed by atoms with Gasteiger partial charge in [0, 0.05) is 16.0 Å². The van der Waals surface area contributed by atoms with E-state index in [0.29, 0.717) is 6.42 Å². The number of hydrogen-bond donors (Lipinski definition) is 1. The fourth-order valence-corrected chi connectivity index (χ4v) is 2.99. The number of nitrogens with two attached hydrogens (primary N) is 1. The van der Waals surface area contributed by atoms with Crippen molar-refractivity contribution in [2.45, 2.75) is 39.3 Å². The lowest BCUT2D eigenvalue weighted by atomic mass is 10.0. The predicted octanol–water partition coefficient (Wildman–Crippen LogP) is 4.12. The van der Waals surface area contributed by atoms with Gasteiger partial charge in [-0.2, -0.15) is 5.10 Å². The van der Waals surface area contributed by atoms with E-state index in [1.165, 1.54) is 0 Å². The molecule has 1 atom stereocenters. The van der Waals surface area contributed by atoms with E-state index in [0.717, 1.165) is 39.4 Å². The van der Waals surface area contributed by atoms with Crippen LogP contribution in [0.15, 0.2) is 28.7 Å². The molecular formula is C15H19BrClN3. The number of halogens is 2. The van der Waals surface area contributed by atoms with E-state index in [9.17, 15) is 0 Å². The number of nitrogens with zero attached hydrogens (tertiary/aromatic N) is 2. The summed E-state index contributed by atoms with van der Waals surface area (Å²) in [6.45, 7) is 5.01. The summed E-state index contributed by atoms with van der Waals surface area (Å²) >= 11 is 9.67. The number of aryl methyl sites for hydroxylation is 2. The van der Waals surface area contributed by atoms with Gasteiger partial charge in [0.25, 0.3) is 0 Å². The standard InChI is InChI=1S/C15H19BrClN3/c1-3-12-9-15(20(4-2)19-12)14(18)7-10-5-6-11(16)8-13(10)17/h5-6,8-9,14H,3-4,7,18H2,1-2H3. The van der Waals surface area contributed by atoms with Crippen LogP contribution in [0.5, 0.6) is 0 Å². The van der Waals surface area contributed by atoms with E-state index in [1.807, 2.05) is 22.9 Å². The lowest BCUT2D eigenvalue weighted by Crippen LogP contribution is -2.18. The maximum absolute atomic E-state index is 6.35. The highest BCUT2D eigenvalue weighted by Gasteiger charge is 2.15. The highest BCUT2D eigenvalue weighted by Crippen LogP contribution is 2.25. The number of benzene rings is 1. The molecule has 1 aromatic carbocycles. The minimum Gasteiger partial charge on any atom is -0.322 e. The normalized spacial score (nSPS) is 12.7. The highest BCUT2D eigenvalue weighted by molar-refractivity contribution is 9.10. The van der Waals surface area contributed by atoms with Gasteiger partial charge in [0.05, 0.1) is 17.4 Å². The lowest BCUT2D eigenvalue weighted by Gasteiger charge is -2.14. The van der Waals surface area contributed by atoms with Crippen LogP contribution in [0.25, 0.3) is 0 Å². The summed E-state index contributed by atoms with van der Waals surface area (Å²) in [5, 5.41) is 5.29. The van der Waals surface area contributed by atoms with Crippen LogP contribution in [-0.4, -0.2) is 9.78 Å². The van der Waals surface area contributed by atoms with E-state index >= 15 is 0 Å². The summed E-state index contributed by atoms with van der Waals surface area (Å²) in [6.07, 6.45) is 1.63. The van der Waals surface area contributed by atoms with Crippen LogP contribution in [0.4, 0.5) is 0 Å². The molecule has 1 heterocycles. The zero-order chi connectivity index (χ0) is 14.7. The molecule has 2 N–H and O–H groups in total. The van der Waals surface area contributed by atoms with Gasteiger partial charge in [0.1, 0.15) is 0 Å². The molecule has 0 saturated heterocycles. The molecule has 2 rings (SSSR count). The SMILES string of the molecule is CCc1cc(C(N)Cc2ccc(Br)cc2Cl)n(CC)n1. The van der Waals surface area contributed by atoms with Gasteiger partial charge in [-0.25, -0.2) is 0 Å². The Bertz CT molecular complexity index is 595. The quantitative estimate of drug-likeness (QED) is 0.875. The smallest absolute Gasteiger partial charge is 0.0625 e. The fraction of sp³-hybridized carbons (Fsp3) is 0.400. The van der Waals surface area contributed by atoms with Gasteiger partial charge in [-0.15, -0.1) is 0 Å². The summed E-state index contributed by atoms with van der Waals surface area (Å²) in [7, 11) is 0. The summed E-state index contributed by atoms with van der Waals surface area (Å²) in [4.78, 5) is 0. The molecule has 2 aromatic rings. The van der Waals surface area contributed by atoms with Crippen LogP contribution in [-0.2, 0) is 19.4 Å². The molecule has 0 spiro atoms. The first-order valence-corrected chi connectivity index (χ1v) is 7.98. The molecule has 0 aliphatic carbocycles. The van der Waals surface area contributed by atoms with Crippen LogP contribution in [0.2, 0.25) is 5.02 Å². The predicted molar refractivity (Wildman–Crippen MR) is 87.1 cm³/mol. The second kappa shape index (κ2) is 6.74. The minimum absolute atomic E-state index is 0.0959. The van der Waals surface area contributed by atoms with Crippen molar-refractivity contribution >= 4 is 27.5 Å². The van der Waals surface area contributed by atoms with E-state index in [2.05, 4.69) is 40.9 Å². The number of hydrogen-bond acceptors (Lipinski definition) is 2. The molecule has 108 valence electrons. The van der Waals surface area contributed by atoms with Gasteiger partial charge in [0.15, 0.2) is 0 Å². The molecule has 0 bridgehead atoms. The Labute approximate surface area is 133 Å². The molecule has 1 aromatic heterocycles. The van der Waals surface area contributed by atoms with Crippen LogP contribution in [0, 0.1) is 0 Å². The first-order valence-electron chi connectivity index (χ1n) is 6.81. The third-order valence-corrected chi connectivity index (χ3v) is 4.20. The summed E-state index contributed by atoms with van der Waals surface area (Å²) in [5.41, 5.74) is 9.56. The van der Waals surface area contributed by atoms with Crippen molar-refractivity contribution < 1.29 is 0 Å². The molecule has 20 heavy (non-hydrogen) atoms. The van der Waals surface area contributed by atoms with Crippen molar-refractivity contribution in [2.75, 3.05) is 0 Å². The summed E-state index contributed by atoms with van der Waals surface area (Å²) in [6, 6.07) is 7.91. The Balaban J connectivity index is 2.23. The lowest BCUT2D eigenvalue weighted by molar-refractivity contribution is 0.565. The van der Waals surface area contributed by atoms with E-state index in [-0.39, 0.29) is 6.04 Å². The molecule has 3 nitrogen and oxygen atoms in total. The van der Waals surface area contributed by atoms with E-state index in [1.54, 1.807) is 0 Å². The van der Waals surface area contributed by atoms with Crippen molar-refractivity contribution in [2.24, 2.45) is 5.73 Å². The van der Waals surface area contributed by atoms with E-state index in [4.69, 9.17) is 17.3 Å². The maximum Gasteiger partial charge on any atom is 0.0625 e. The number of rotatable bonds is 5. The van der Waals surface area contributed by atoms with Gasteiger partial charge in [-0.05, 0) is 43.5 Å². The molecule has 0 aliphatic rings. The maximum atomic E-state index is 6.35. The molecule has 0 aliphatic heterocycles. The Morgan fingerprint density at radius 3 is 2.70 bits per heavy atom. The largest absolute Gasteiger partial charge is 0.322 e. The number of aromatic nitrogens is 2. The molecule has 0 saturated carbocycles. The van der Waals surface area contributed by atoms with Crippen molar-refractivity contribution in [3.8, 4) is 0 Å². The average Bonchev–Trinajstić information content (AvgIpc) is 2.85. The summed E-state index contributed by atoms with van der Waals surface area (Å²) < 4.78 is 2.96. The zero-order valence-corrected chi connectivity index (χ0v) is 14.1. The first-order chi connectivity index (χ1) is 9.55. The first kappa shape index (κ1) is 15.5. The van der Waals surface area contributed by atoms with Crippen molar-refractivity contribution in [1.82, 2.24) is 9.78 Å². The monoisotopic (exact) mass is 355 g/mol. The van der Waals surface area contributed by atoms with Gasteiger partial charge in [-0.3, -0.25) is 4.68 Å². The Hall–Kier alpha value is -0.840. The Morgan fingerprint density at radius 1 is 1.35 bits per heavy atom. The molecule has 1 unspecified atom stereocenters. The van der Waals surface area contributed by atoms with Gasteiger partial charge in [0.2, 0.25) is 0 Å². The topological polar surface area (TPSA) is 43.8 Å². The second-order valence-corrected chi connectivity index (χ2v) is 6.10. The van der Waals surface area contributed by atoms with Gasteiger partial charge >= 0.3 is 0 Å². The molecule has 0 radical (unpaired) electrons. The summed E-state index contributed by atoms with van der Waals surface area (Å²) in [5.74, 6) is 0. The molecule has 0 amide bonds. The van der Waals surface area contributed by atoms with E-state index < -0.39 is 0 Å². The fourth-order valence-electron chi connectivity index (χ4n) is 2.24. The third-order valence-electron chi connectivity index (χ3n) is 3.36. The molecule has 5 heteroatoms. The van der Waals surface area contributed by atoms with Crippen LogP contribution in [0.3, 0.4) is 0 Å². The van der Waals surface area contributed by atoms with Crippen molar-refractivity contribution in [3.05, 3.63) is 50.7 Å². The second-order valence-electron chi connectivity index (χ2n) is 4.78. The van der Waals surface area contributed by atoms with Gasteiger partial charge < -0.3 is 5.73 Å². The van der Waals surface area contributed by atoms with Crippen LogP contribution < -0.4 is 5.73 Å². The average molecular weight is 357 g/mol. The van der Waals surface area contributed by atoms with Crippen molar-refractivity contribution in [3.63, 3.8) is 0 Å².